The van der Waals surface area contributed by atoms with Crippen LogP contribution < -0.4 is 16.0 Å². The molecule has 2 aliphatic carbocycles. The summed E-state index contributed by atoms with van der Waals surface area (Å²) >= 11 is 0. The van der Waals surface area contributed by atoms with Crippen molar-refractivity contribution in [1.82, 2.24) is 16.0 Å². The zero-order chi connectivity index (χ0) is 16.8. The molecule has 1 saturated heterocycles. The highest BCUT2D eigenvalue weighted by Crippen LogP contribution is 2.28. The molecule has 2 amide bonds. The van der Waals surface area contributed by atoms with Gasteiger partial charge in [-0.1, -0.05) is 12.8 Å². The zero-order valence-corrected chi connectivity index (χ0v) is 16.0. The molecule has 1 aliphatic heterocycles. The Morgan fingerprint density at radius 3 is 2.16 bits per heavy atom. The number of rotatable bonds is 5. The Balaban J connectivity index is 0.00000225. The van der Waals surface area contributed by atoms with Gasteiger partial charge in [0.1, 0.15) is 0 Å². The Morgan fingerprint density at radius 2 is 1.52 bits per heavy atom. The first kappa shape index (κ1) is 20.5. The fraction of sp³-hybridized carbons (Fsp3) is 0.895. The fourth-order valence-corrected chi connectivity index (χ4v) is 4.49. The van der Waals surface area contributed by atoms with Gasteiger partial charge in [-0.05, 0) is 70.4 Å². The number of nitrogens with one attached hydrogen (secondary N) is 3. The summed E-state index contributed by atoms with van der Waals surface area (Å²) in [6.07, 6.45) is 10.6. The van der Waals surface area contributed by atoms with E-state index in [-0.39, 0.29) is 42.1 Å². The van der Waals surface area contributed by atoms with Gasteiger partial charge in [0, 0.05) is 24.4 Å². The summed E-state index contributed by atoms with van der Waals surface area (Å²) in [6, 6.07) is 0.282. The largest absolute Gasteiger partial charge is 0.356 e. The summed E-state index contributed by atoms with van der Waals surface area (Å²) in [7, 11) is 0. The molecule has 1 atom stereocenters. The highest BCUT2D eigenvalue weighted by molar-refractivity contribution is 5.85. The molecule has 0 aromatic carbocycles. The van der Waals surface area contributed by atoms with Gasteiger partial charge in [0.25, 0.3) is 0 Å². The van der Waals surface area contributed by atoms with Crippen LogP contribution in [-0.2, 0) is 9.59 Å². The first-order chi connectivity index (χ1) is 11.7. The van der Waals surface area contributed by atoms with Crippen LogP contribution in [-0.4, -0.2) is 37.5 Å². The molecule has 0 aromatic heterocycles. The minimum absolute atomic E-state index is 0. The number of hydrogen-bond donors (Lipinski definition) is 3. The van der Waals surface area contributed by atoms with E-state index in [2.05, 4.69) is 16.0 Å². The third-order valence-electron chi connectivity index (χ3n) is 6.13. The van der Waals surface area contributed by atoms with E-state index in [9.17, 15) is 9.59 Å². The van der Waals surface area contributed by atoms with Crippen molar-refractivity contribution in [3.8, 4) is 0 Å². The van der Waals surface area contributed by atoms with Crippen molar-refractivity contribution in [3.63, 3.8) is 0 Å². The van der Waals surface area contributed by atoms with Gasteiger partial charge < -0.3 is 16.0 Å². The minimum atomic E-state index is 0. The molecule has 1 heterocycles. The van der Waals surface area contributed by atoms with Gasteiger partial charge in [-0.3, -0.25) is 9.59 Å². The van der Waals surface area contributed by atoms with Gasteiger partial charge in [-0.2, -0.15) is 0 Å². The van der Waals surface area contributed by atoms with E-state index in [4.69, 9.17) is 0 Å². The van der Waals surface area contributed by atoms with Crippen molar-refractivity contribution in [1.29, 1.82) is 0 Å². The second-order valence-electron chi connectivity index (χ2n) is 8.00. The maximum atomic E-state index is 12.4. The van der Waals surface area contributed by atoms with Crippen LogP contribution in [0, 0.1) is 17.8 Å². The third-order valence-corrected chi connectivity index (χ3v) is 6.13. The average Bonchev–Trinajstić information content (AvgIpc) is 3.16. The Labute approximate surface area is 157 Å². The van der Waals surface area contributed by atoms with Crippen LogP contribution in [0.1, 0.15) is 64.2 Å². The van der Waals surface area contributed by atoms with Crippen LogP contribution in [0.3, 0.4) is 0 Å². The van der Waals surface area contributed by atoms with Gasteiger partial charge in [0.05, 0.1) is 0 Å². The van der Waals surface area contributed by atoms with Crippen LogP contribution in [0.2, 0.25) is 0 Å². The Hall–Kier alpha value is -0.810. The average molecular weight is 372 g/mol. The molecule has 6 heteroatoms. The lowest BCUT2D eigenvalue weighted by Gasteiger charge is -2.30. The first-order valence-electron chi connectivity index (χ1n) is 10.0. The van der Waals surface area contributed by atoms with Crippen molar-refractivity contribution in [2.45, 2.75) is 70.3 Å². The molecular weight excluding hydrogens is 338 g/mol. The van der Waals surface area contributed by atoms with Gasteiger partial charge in [0.15, 0.2) is 0 Å². The maximum Gasteiger partial charge on any atom is 0.223 e. The van der Waals surface area contributed by atoms with Crippen LogP contribution in [0.15, 0.2) is 0 Å². The lowest BCUT2D eigenvalue weighted by atomic mass is 9.85. The predicted molar refractivity (Wildman–Crippen MR) is 102 cm³/mol. The lowest BCUT2D eigenvalue weighted by molar-refractivity contribution is -0.127. The second kappa shape index (κ2) is 10.4. The van der Waals surface area contributed by atoms with Crippen LogP contribution >= 0.6 is 12.4 Å². The summed E-state index contributed by atoms with van der Waals surface area (Å²) in [5.41, 5.74) is 0. The zero-order valence-electron chi connectivity index (χ0n) is 15.2. The highest BCUT2D eigenvalue weighted by atomic mass is 35.5. The molecule has 0 spiro atoms. The van der Waals surface area contributed by atoms with Gasteiger partial charge in [0.2, 0.25) is 11.8 Å². The summed E-state index contributed by atoms with van der Waals surface area (Å²) in [5, 5.41) is 9.77. The van der Waals surface area contributed by atoms with E-state index < -0.39 is 0 Å². The summed E-state index contributed by atoms with van der Waals surface area (Å²) in [6.45, 7) is 2.95. The van der Waals surface area contributed by atoms with E-state index in [1.54, 1.807) is 0 Å². The van der Waals surface area contributed by atoms with Gasteiger partial charge in [-0.15, -0.1) is 12.4 Å². The Kier molecular flexibility index (Phi) is 8.50. The maximum absolute atomic E-state index is 12.4. The SMILES string of the molecule is Cl.O=C(NCC1CCCNC1)C1CCC(NC(=O)C2CCCC2)CC1. The second-order valence-corrected chi connectivity index (χ2v) is 8.00. The smallest absolute Gasteiger partial charge is 0.223 e. The van der Waals surface area contributed by atoms with E-state index in [0.29, 0.717) is 5.92 Å². The van der Waals surface area contributed by atoms with E-state index in [1.165, 1.54) is 25.7 Å². The molecule has 5 nitrogen and oxygen atoms in total. The molecule has 0 aromatic rings. The van der Waals surface area contributed by atoms with Crippen molar-refractivity contribution in [2.75, 3.05) is 19.6 Å². The topological polar surface area (TPSA) is 70.2 Å². The minimum Gasteiger partial charge on any atom is -0.356 e. The number of hydrogen-bond acceptors (Lipinski definition) is 3. The Bertz CT molecular complexity index is 426. The van der Waals surface area contributed by atoms with Crippen molar-refractivity contribution >= 4 is 24.2 Å². The van der Waals surface area contributed by atoms with Crippen LogP contribution in [0.25, 0.3) is 0 Å². The number of amides is 2. The van der Waals surface area contributed by atoms with Crippen molar-refractivity contribution in [3.05, 3.63) is 0 Å². The standard InChI is InChI=1S/C19H33N3O2.ClH/c23-18(21-13-14-4-3-11-20-12-14)16-7-9-17(10-8-16)22-19(24)15-5-1-2-6-15;/h14-17,20H,1-13H2,(H,21,23)(H,22,24);1H. The fourth-order valence-electron chi connectivity index (χ4n) is 4.49. The monoisotopic (exact) mass is 371 g/mol. The molecule has 144 valence electrons. The van der Waals surface area contributed by atoms with E-state index in [1.807, 2.05) is 0 Å². The number of halogens is 1. The summed E-state index contributed by atoms with van der Waals surface area (Å²) in [4.78, 5) is 24.6. The third kappa shape index (κ3) is 6.14. The molecule has 3 rings (SSSR count). The molecule has 1 unspecified atom stereocenters. The molecule has 2 saturated carbocycles. The Morgan fingerprint density at radius 1 is 0.840 bits per heavy atom. The highest BCUT2D eigenvalue weighted by Gasteiger charge is 2.29. The summed E-state index contributed by atoms with van der Waals surface area (Å²) in [5.74, 6) is 1.45. The molecule has 3 fully saturated rings. The molecule has 0 bridgehead atoms. The van der Waals surface area contributed by atoms with Crippen molar-refractivity contribution in [2.24, 2.45) is 17.8 Å². The lowest BCUT2D eigenvalue weighted by Crippen LogP contribution is -2.44. The molecule has 3 N–H and O–H groups in total. The normalized spacial score (nSPS) is 30.3. The van der Waals surface area contributed by atoms with Gasteiger partial charge in [-0.25, -0.2) is 0 Å². The molecule has 25 heavy (non-hydrogen) atoms. The predicted octanol–water partition coefficient (Wildman–Crippen LogP) is 2.39. The van der Waals surface area contributed by atoms with Crippen LogP contribution in [0.5, 0.6) is 0 Å². The number of carbonyl (C=O) groups is 2. The molecule has 3 aliphatic rings. The first-order valence-corrected chi connectivity index (χ1v) is 10.0. The van der Waals surface area contributed by atoms with E-state index >= 15 is 0 Å². The number of piperidine rings is 1. The van der Waals surface area contributed by atoms with E-state index in [0.717, 1.165) is 58.2 Å². The van der Waals surface area contributed by atoms with Crippen LogP contribution in [0.4, 0.5) is 0 Å². The quantitative estimate of drug-likeness (QED) is 0.695. The molecular formula is C19H34ClN3O2. The molecule has 0 radical (unpaired) electrons. The summed E-state index contributed by atoms with van der Waals surface area (Å²) < 4.78 is 0. The van der Waals surface area contributed by atoms with Gasteiger partial charge >= 0.3 is 0 Å². The van der Waals surface area contributed by atoms with Crippen molar-refractivity contribution < 1.29 is 9.59 Å². The number of carbonyl (C=O) groups excluding carboxylic acids is 2.